The number of rotatable bonds is 4. The third-order valence-electron chi connectivity index (χ3n) is 5.30. The Hall–Kier alpha value is -1.66. The van der Waals surface area contributed by atoms with Gasteiger partial charge in [-0.15, -0.1) is 10.2 Å². The third-order valence-corrected chi connectivity index (χ3v) is 5.30. The molecule has 2 heterocycles. The van der Waals surface area contributed by atoms with Gasteiger partial charge in [-0.3, -0.25) is 0 Å². The van der Waals surface area contributed by atoms with Crippen molar-refractivity contribution < 1.29 is 9.31 Å². The van der Waals surface area contributed by atoms with Gasteiger partial charge in [0.15, 0.2) is 0 Å². The van der Waals surface area contributed by atoms with Crippen LogP contribution in [-0.2, 0) is 22.8 Å². The molecule has 3 rings (SSSR count). The van der Waals surface area contributed by atoms with Crippen LogP contribution >= 0.6 is 0 Å². The first-order valence-corrected chi connectivity index (χ1v) is 8.48. The minimum atomic E-state index is -0.322. The fourth-order valence-electron chi connectivity index (χ4n) is 2.87. The lowest BCUT2D eigenvalue weighted by Crippen LogP contribution is -2.41. The Kier molecular flexibility index (Phi) is 4.30. The molecule has 0 spiro atoms. The number of aryl methyl sites for hydroxylation is 1. The molecule has 0 saturated carbocycles. The zero-order chi connectivity index (χ0) is 17.5. The molecule has 128 valence electrons. The molecular weight excluding hydrogens is 301 g/mol. The minimum Gasteiger partial charge on any atom is -0.399 e. The van der Waals surface area contributed by atoms with Crippen molar-refractivity contribution in [3.8, 4) is 0 Å². The van der Waals surface area contributed by atoms with Crippen LogP contribution in [0.3, 0.4) is 0 Å². The van der Waals surface area contributed by atoms with Gasteiger partial charge in [-0.1, -0.05) is 31.2 Å². The molecule has 1 aliphatic rings. The molecule has 0 amide bonds. The summed E-state index contributed by atoms with van der Waals surface area (Å²) in [6.07, 6.45) is 2.59. The van der Waals surface area contributed by atoms with Crippen molar-refractivity contribution >= 4 is 12.6 Å². The molecular formula is C18H26BN3O2. The number of aromatic nitrogens is 3. The molecule has 1 saturated heterocycles. The monoisotopic (exact) mass is 327 g/mol. The Morgan fingerprint density at radius 2 is 1.83 bits per heavy atom. The molecule has 1 unspecified atom stereocenters. The molecule has 1 aromatic carbocycles. The molecule has 1 atom stereocenters. The van der Waals surface area contributed by atoms with E-state index >= 15 is 0 Å². The SMILES string of the molecule is CC(Cc1nncn1C)c1cccc(B2OC(C)(C)C(C)(C)O2)c1. The average molecular weight is 327 g/mol. The van der Waals surface area contributed by atoms with Crippen molar-refractivity contribution in [2.24, 2.45) is 7.05 Å². The lowest BCUT2D eigenvalue weighted by molar-refractivity contribution is 0.00578. The first kappa shape index (κ1) is 17.2. The van der Waals surface area contributed by atoms with Crippen molar-refractivity contribution in [3.63, 3.8) is 0 Å². The van der Waals surface area contributed by atoms with Crippen molar-refractivity contribution in [2.45, 2.75) is 58.2 Å². The highest BCUT2D eigenvalue weighted by Gasteiger charge is 2.51. The van der Waals surface area contributed by atoms with Crippen LogP contribution in [0.5, 0.6) is 0 Å². The lowest BCUT2D eigenvalue weighted by Gasteiger charge is -2.32. The first-order chi connectivity index (χ1) is 11.2. The third kappa shape index (κ3) is 3.13. The van der Waals surface area contributed by atoms with Crippen LogP contribution in [0.4, 0.5) is 0 Å². The maximum Gasteiger partial charge on any atom is 0.494 e. The second kappa shape index (κ2) is 6.01. The highest BCUT2D eigenvalue weighted by atomic mass is 16.7. The molecule has 2 aromatic rings. The van der Waals surface area contributed by atoms with Crippen LogP contribution in [0, 0.1) is 0 Å². The summed E-state index contributed by atoms with van der Waals surface area (Å²) in [5.74, 6) is 1.33. The van der Waals surface area contributed by atoms with E-state index in [-0.39, 0.29) is 18.3 Å². The Morgan fingerprint density at radius 1 is 1.17 bits per heavy atom. The zero-order valence-electron chi connectivity index (χ0n) is 15.4. The highest BCUT2D eigenvalue weighted by Crippen LogP contribution is 2.36. The van der Waals surface area contributed by atoms with Crippen LogP contribution in [0.25, 0.3) is 0 Å². The van der Waals surface area contributed by atoms with Gasteiger partial charge in [0.2, 0.25) is 0 Å². The molecule has 0 aliphatic carbocycles. The quantitative estimate of drug-likeness (QED) is 0.810. The fraction of sp³-hybridized carbons (Fsp3) is 0.556. The molecule has 5 nitrogen and oxygen atoms in total. The summed E-state index contributed by atoms with van der Waals surface area (Å²) in [7, 11) is 1.65. The van der Waals surface area contributed by atoms with E-state index in [1.54, 1.807) is 6.33 Å². The van der Waals surface area contributed by atoms with Crippen LogP contribution < -0.4 is 5.46 Å². The topological polar surface area (TPSA) is 49.2 Å². The van der Waals surface area contributed by atoms with Gasteiger partial charge >= 0.3 is 7.12 Å². The second-order valence-electron chi connectivity index (χ2n) is 7.72. The molecule has 1 fully saturated rings. The van der Waals surface area contributed by atoms with Gasteiger partial charge in [0.25, 0.3) is 0 Å². The van der Waals surface area contributed by atoms with E-state index in [9.17, 15) is 0 Å². The van der Waals surface area contributed by atoms with Crippen molar-refractivity contribution in [3.05, 3.63) is 42.0 Å². The van der Waals surface area contributed by atoms with E-state index < -0.39 is 0 Å². The summed E-state index contributed by atoms with van der Waals surface area (Å²) in [5.41, 5.74) is 1.68. The lowest BCUT2D eigenvalue weighted by atomic mass is 9.77. The second-order valence-corrected chi connectivity index (χ2v) is 7.72. The van der Waals surface area contributed by atoms with E-state index in [0.717, 1.165) is 17.7 Å². The van der Waals surface area contributed by atoms with Gasteiger partial charge in [0.05, 0.1) is 11.2 Å². The van der Waals surface area contributed by atoms with Crippen LogP contribution in [0.2, 0.25) is 0 Å². The van der Waals surface area contributed by atoms with Gasteiger partial charge in [0, 0.05) is 13.5 Å². The van der Waals surface area contributed by atoms with Crippen molar-refractivity contribution in [2.75, 3.05) is 0 Å². The Bertz CT molecular complexity index is 711. The number of nitrogens with zero attached hydrogens (tertiary/aromatic N) is 3. The number of benzene rings is 1. The molecule has 0 bridgehead atoms. The maximum absolute atomic E-state index is 6.16. The standard InChI is InChI=1S/C18H26BN3O2/c1-13(10-16-21-20-12-22(16)6)14-8-7-9-15(11-14)19-23-17(2,3)18(4,5)24-19/h7-9,11-13H,10H2,1-6H3. The van der Waals surface area contributed by atoms with E-state index in [2.05, 4.69) is 69.1 Å². The predicted octanol–water partition coefficient (Wildman–Crippen LogP) is 2.46. The van der Waals surface area contributed by atoms with E-state index in [4.69, 9.17) is 9.31 Å². The zero-order valence-corrected chi connectivity index (χ0v) is 15.4. The summed E-state index contributed by atoms with van der Waals surface area (Å²) in [6, 6.07) is 8.47. The normalized spacial score (nSPS) is 20.3. The summed E-state index contributed by atoms with van der Waals surface area (Å²) < 4.78 is 14.3. The molecule has 0 radical (unpaired) electrons. The number of hydrogen-bond acceptors (Lipinski definition) is 4. The van der Waals surface area contributed by atoms with Gasteiger partial charge in [0.1, 0.15) is 12.2 Å². The van der Waals surface area contributed by atoms with E-state index in [1.807, 2.05) is 11.6 Å². The summed E-state index contributed by atoms with van der Waals surface area (Å²) in [5, 5.41) is 8.14. The van der Waals surface area contributed by atoms with Crippen LogP contribution in [0.15, 0.2) is 30.6 Å². The van der Waals surface area contributed by atoms with Gasteiger partial charge < -0.3 is 13.9 Å². The Labute approximate surface area is 144 Å². The first-order valence-electron chi connectivity index (χ1n) is 8.48. The van der Waals surface area contributed by atoms with Gasteiger partial charge in [-0.25, -0.2) is 0 Å². The summed E-state index contributed by atoms with van der Waals surface area (Å²) in [4.78, 5) is 0. The van der Waals surface area contributed by atoms with Crippen molar-refractivity contribution in [1.29, 1.82) is 0 Å². The minimum absolute atomic E-state index is 0.322. The van der Waals surface area contributed by atoms with Gasteiger partial charge in [-0.2, -0.15) is 0 Å². The smallest absolute Gasteiger partial charge is 0.399 e. The Balaban J connectivity index is 1.79. The summed E-state index contributed by atoms with van der Waals surface area (Å²) >= 11 is 0. The van der Waals surface area contributed by atoms with Gasteiger partial charge in [-0.05, 0) is 44.6 Å². The molecule has 1 aliphatic heterocycles. The molecule has 0 N–H and O–H groups in total. The summed E-state index contributed by atoms with van der Waals surface area (Å²) in [6.45, 7) is 10.5. The maximum atomic E-state index is 6.16. The fourth-order valence-corrected chi connectivity index (χ4v) is 2.87. The van der Waals surface area contributed by atoms with Crippen LogP contribution in [-0.4, -0.2) is 33.1 Å². The van der Waals surface area contributed by atoms with E-state index in [0.29, 0.717) is 5.92 Å². The largest absolute Gasteiger partial charge is 0.494 e. The molecule has 6 heteroatoms. The van der Waals surface area contributed by atoms with Crippen LogP contribution in [0.1, 0.15) is 51.9 Å². The predicted molar refractivity (Wildman–Crippen MR) is 95.3 cm³/mol. The average Bonchev–Trinajstić information content (AvgIpc) is 3.00. The molecule has 1 aromatic heterocycles. The molecule has 24 heavy (non-hydrogen) atoms. The highest BCUT2D eigenvalue weighted by molar-refractivity contribution is 6.62. The van der Waals surface area contributed by atoms with E-state index in [1.165, 1.54) is 5.56 Å². The van der Waals surface area contributed by atoms with Crippen molar-refractivity contribution in [1.82, 2.24) is 14.8 Å². The Morgan fingerprint density at radius 3 is 2.42 bits per heavy atom. The number of hydrogen-bond donors (Lipinski definition) is 0.